The molecule has 1 aliphatic rings. The number of benzene rings is 1. The van der Waals surface area contributed by atoms with E-state index in [1.54, 1.807) is 19.1 Å². The summed E-state index contributed by atoms with van der Waals surface area (Å²) in [5.74, 6) is -1.34. The summed E-state index contributed by atoms with van der Waals surface area (Å²) < 4.78 is 26.6. The summed E-state index contributed by atoms with van der Waals surface area (Å²) in [7, 11) is -3.92. The molecule has 0 aliphatic carbocycles. The van der Waals surface area contributed by atoms with Crippen LogP contribution in [0.1, 0.15) is 25.3 Å². The molecule has 1 N–H and O–H groups in total. The van der Waals surface area contributed by atoms with E-state index in [9.17, 15) is 18.3 Å². The molecule has 0 aromatic heterocycles. The van der Waals surface area contributed by atoms with Gasteiger partial charge in [0.05, 0.1) is 5.02 Å². The van der Waals surface area contributed by atoms with E-state index in [0.717, 1.165) is 9.87 Å². The number of carboxylic acid groups (broad SMARTS) is 1. The van der Waals surface area contributed by atoms with Crippen molar-refractivity contribution in [1.82, 2.24) is 4.31 Å². The lowest BCUT2D eigenvalue weighted by Crippen LogP contribution is -2.51. The Balaban J connectivity index is 2.48. The topological polar surface area (TPSA) is 74.7 Å². The van der Waals surface area contributed by atoms with Crippen molar-refractivity contribution >= 4 is 27.6 Å². The Morgan fingerprint density at radius 3 is 2.67 bits per heavy atom. The van der Waals surface area contributed by atoms with Crippen molar-refractivity contribution < 1.29 is 18.3 Å². The summed E-state index contributed by atoms with van der Waals surface area (Å²) in [5, 5.41) is 9.49. The Hall–Kier alpha value is -1.11. The van der Waals surface area contributed by atoms with Gasteiger partial charge in [0.25, 0.3) is 0 Å². The molecule has 1 saturated heterocycles. The Kier molecular flexibility index (Phi) is 4.60. The van der Waals surface area contributed by atoms with Gasteiger partial charge in [-0.25, -0.2) is 8.42 Å². The number of carboxylic acids is 1. The number of nitrogens with zero attached hydrogens (tertiary/aromatic N) is 1. The second kappa shape index (κ2) is 5.94. The van der Waals surface area contributed by atoms with Crippen molar-refractivity contribution in [1.29, 1.82) is 0 Å². The molecule has 2 rings (SSSR count). The molecule has 1 aliphatic heterocycles. The summed E-state index contributed by atoms with van der Waals surface area (Å²) in [6.45, 7) is 3.77. The van der Waals surface area contributed by atoms with E-state index < -0.39 is 22.0 Å². The van der Waals surface area contributed by atoms with Crippen LogP contribution in [0.3, 0.4) is 0 Å². The lowest BCUT2D eigenvalue weighted by Gasteiger charge is -2.36. The minimum atomic E-state index is -3.92. The molecule has 2 atom stereocenters. The van der Waals surface area contributed by atoms with Crippen molar-refractivity contribution in [3.8, 4) is 0 Å². The summed E-state index contributed by atoms with van der Waals surface area (Å²) >= 11 is 6.04. The number of rotatable bonds is 3. The molecule has 0 saturated carbocycles. The number of piperidine rings is 1. The minimum absolute atomic E-state index is 0.0323. The number of hydrogen-bond acceptors (Lipinski definition) is 3. The normalized spacial score (nSPS) is 24.0. The van der Waals surface area contributed by atoms with E-state index in [4.69, 9.17) is 11.6 Å². The highest BCUT2D eigenvalue weighted by Gasteiger charge is 2.42. The van der Waals surface area contributed by atoms with E-state index in [-0.39, 0.29) is 22.4 Å². The zero-order valence-corrected chi connectivity index (χ0v) is 13.5. The first-order valence-electron chi connectivity index (χ1n) is 6.76. The van der Waals surface area contributed by atoms with Gasteiger partial charge in [-0.2, -0.15) is 4.31 Å². The van der Waals surface area contributed by atoms with Crippen LogP contribution < -0.4 is 0 Å². The number of sulfonamides is 1. The highest BCUT2D eigenvalue weighted by molar-refractivity contribution is 7.89. The summed E-state index contributed by atoms with van der Waals surface area (Å²) in [6.07, 6.45) is 1.35. The zero-order chi connectivity index (χ0) is 15.8. The van der Waals surface area contributed by atoms with Crippen LogP contribution in [0.25, 0.3) is 0 Å². The van der Waals surface area contributed by atoms with Crippen LogP contribution in [0, 0.1) is 12.8 Å². The SMILES string of the molecule is Cc1ccc(S(=O)(=O)N2CCCC(C)C2C(=O)O)c(Cl)c1. The van der Waals surface area contributed by atoms with Crippen LogP contribution in [-0.4, -0.2) is 36.4 Å². The minimum Gasteiger partial charge on any atom is -0.480 e. The van der Waals surface area contributed by atoms with Gasteiger partial charge in [0.2, 0.25) is 10.0 Å². The molecule has 1 fully saturated rings. The largest absolute Gasteiger partial charge is 0.480 e. The molecule has 2 unspecified atom stereocenters. The highest BCUT2D eigenvalue weighted by atomic mass is 35.5. The van der Waals surface area contributed by atoms with Gasteiger partial charge in [-0.15, -0.1) is 0 Å². The van der Waals surface area contributed by atoms with Gasteiger partial charge in [-0.1, -0.05) is 24.6 Å². The van der Waals surface area contributed by atoms with Crippen LogP contribution in [0.2, 0.25) is 5.02 Å². The predicted molar refractivity (Wildman–Crippen MR) is 79.9 cm³/mol. The number of aryl methyl sites for hydroxylation is 1. The maximum Gasteiger partial charge on any atom is 0.322 e. The van der Waals surface area contributed by atoms with Crippen LogP contribution in [0.15, 0.2) is 23.1 Å². The van der Waals surface area contributed by atoms with Crippen molar-refractivity contribution in [2.24, 2.45) is 5.92 Å². The van der Waals surface area contributed by atoms with Gasteiger partial charge in [0.15, 0.2) is 0 Å². The fourth-order valence-electron chi connectivity index (χ4n) is 2.73. The number of hydrogen-bond donors (Lipinski definition) is 1. The Labute approximate surface area is 129 Å². The quantitative estimate of drug-likeness (QED) is 0.923. The van der Waals surface area contributed by atoms with Crippen LogP contribution in [-0.2, 0) is 14.8 Å². The lowest BCUT2D eigenvalue weighted by atomic mass is 9.93. The average molecular weight is 332 g/mol. The second-order valence-corrected chi connectivity index (χ2v) is 7.72. The Morgan fingerprint density at radius 1 is 1.43 bits per heavy atom. The first-order valence-corrected chi connectivity index (χ1v) is 8.57. The summed E-state index contributed by atoms with van der Waals surface area (Å²) in [4.78, 5) is 11.4. The molecule has 5 nitrogen and oxygen atoms in total. The number of aliphatic carboxylic acids is 1. The Bertz CT molecular complexity index is 659. The predicted octanol–water partition coefficient (Wildman–Crippen LogP) is 2.52. The van der Waals surface area contributed by atoms with E-state index in [2.05, 4.69) is 0 Å². The van der Waals surface area contributed by atoms with Gasteiger partial charge in [-0.3, -0.25) is 4.79 Å². The molecular formula is C14H18ClNO4S. The number of carbonyl (C=O) groups is 1. The smallest absolute Gasteiger partial charge is 0.322 e. The molecule has 21 heavy (non-hydrogen) atoms. The van der Waals surface area contributed by atoms with Crippen LogP contribution in [0.4, 0.5) is 0 Å². The standard InChI is InChI=1S/C14H18ClNO4S/c1-9-5-6-12(11(15)8-9)21(19,20)16-7-3-4-10(2)13(16)14(17)18/h5-6,8,10,13H,3-4,7H2,1-2H3,(H,17,18). The highest BCUT2D eigenvalue weighted by Crippen LogP contribution is 2.32. The summed E-state index contributed by atoms with van der Waals surface area (Å²) in [6, 6.07) is 3.62. The second-order valence-electron chi connectivity index (χ2n) is 5.45. The number of halogens is 1. The van der Waals surface area contributed by atoms with E-state index in [1.165, 1.54) is 6.07 Å². The maximum atomic E-state index is 12.8. The lowest BCUT2D eigenvalue weighted by molar-refractivity contribution is -0.144. The third-order valence-electron chi connectivity index (χ3n) is 3.81. The third kappa shape index (κ3) is 3.07. The molecular weight excluding hydrogens is 314 g/mol. The van der Waals surface area contributed by atoms with Crippen molar-refractivity contribution in [2.45, 2.75) is 37.6 Å². The van der Waals surface area contributed by atoms with Crippen molar-refractivity contribution in [3.05, 3.63) is 28.8 Å². The first-order chi connectivity index (χ1) is 9.75. The molecule has 0 amide bonds. The van der Waals surface area contributed by atoms with Crippen LogP contribution >= 0.6 is 11.6 Å². The van der Waals surface area contributed by atoms with E-state index in [0.29, 0.717) is 12.8 Å². The third-order valence-corrected chi connectivity index (χ3v) is 6.18. The van der Waals surface area contributed by atoms with Crippen LogP contribution in [0.5, 0.6) is 0 Å². The molecule has 1 heterocycles. The maximum absolute atomic E-state index is 12.8. The molecule has 0 spiro atoms. The van der Waals surface area contributed by atoms with Gasteiger partial charge in [0.1, 0.15) is 10.9 Å². The average Bonchev–Trinajstić information content (AvgIpc) is 2.37. The molecule has 0 bridgehead atoms. The first kappa shape index (κ1) is 16.3. The van der Waals surface area contributed by atoms with Gasteiger partial charge < -0.3 is 5.11 Å². The fraction of sp³-hybridized carbons (Fsp3) is 0.500. The molecule has 1 aromatic carbocycles. The van der Waals surface area contributed by atoms with Crippen molar-refractivity contribution in [3.63, 3.8) is 0 Å². The van der Waals surface area contributed by atoms with Gasteiger partial charge >= 0.3 is 5.97 Å². The van der Waals surface area contributed by atoms with E-state index in [1.807, 2.05) is 6.92 Å². The van der Waals surface area contributed by atoms with Crippen molar-refractivity contribution in [2.75, 3.05) is 6.54 Å². The molecule has 116 valence electrons. The van der Waals surface area contributed by atoms with Gasteiger partial charge in [-0.05, 0) is 43.4 Å². The molecule has 0 radical (unpaired) electrons. The summed E-state index contributed by atoms with van der Waals surface area (Å²) in [5.41, 5.74) is 0.848. The monoisotopic (exact) mass is 331 g/mol. The fourth-order valence-corrected chi connectivity index (χ4v) is 5.02. The Morgan fingerprint density at radius 2 is 2.10 bits per heavy atom. The van der Waals surface area contributed by atoms with E-state index >= 15 is 0 Å². The zero-order valence-electron chi connectivity index (χ0n) is 11.9. The van der Waals surface area contributed by atoms with Gasteiger partial charge in [0, 0.05) is 6.54 Å². The molecule has 1 aromatic rings. The molecule has 7 heteroatoms.